The third-order valence-corrected chi connectivity index (χ3v) is 3.29. The Balaban J connectivity index is 2.49. The van der Waals surface area contributed by atoms with E-state index in [0.29, 0.717) is 12.4 Å². The summed E-state index contributed by atoms with van der Waals surface area (Å²) in [6.07, 6.45) is 0. The molecule has 0 fully saturated rings. The molecule has 0 saturated carbocycles. The highest BCUT2D eigenvalue weighted by Gasteiger charge is 2.19. The van der Waals surface area contributed by atoms with E-state index in [1.165, 1.54) is 6.07 Å². The predicted molar refractivity (Wildman–Crippen MR) is 75.1 cm³/mol. The number of rotatable bonds is 4. The van der Waals surface area contributed by atoms with E-state index in [4.69, 9.17) is 4.74 Å². The molecular weight excluding hydrogens is 330 g/mol. The summed E-state index contributed by atoms with van der Waals surface area (Å²) in [5.41, 5.74) is -0.118. The molecule has 0 N–H and O–H groups in total. The number of para-hydroxylation sites is 1. The Morgan fingerprint density at radius 3 is 2.55 bits per heavy atom. The van der Waals surface area contributed by atoms with Gasteiger partial charge in [0.05, 0.1) is 22.2 Å². The Hall–Kier alpha value is -1.75. The van der Waals surface area contributed by atoms with Crippen molar-refractivity contribution in [2.75, 3.05) is 6.61 Å². The molecule has 0 bridgehead atoms. The quantitative estimate of drug-likeness (QED) is 0.610. The minimum absolute atomic E-state index is 0.0235. The van der Waals surface area contributed by atoms with Gasteiger partial charge in [0, 0.05) is 0 Å². The van der Waals surface area contributed by atoms with Gasteiger partial charge in [0.2, 0.25) is 0 Å². The number of ether oxygens (including phenoxy) is 1. The van der Waals surface area contributed by atoms with Crippen LogP contribution in [0.2, 0.25) is 0 Å². The van der Waals surface area contributed by atoms with Gasteiger partial charge in [-0.25, -0.2) is 8.78 Å². The molecule has 0 unspecified atom stereocenters. The van der Waals surface area contributed by atoms with E-state index in [9.17, 15) is 13.6 Å². The summed E-state index contributed by atoms with van der Waals surface area (Å²) in [4.78, 5) is 12.3. The van der Waals surface area contributed by atoms with Crippen molar-refractivity contribution in [3.63, 3.8) is 0 Å². The number of carbonyl (C=O) groups is 1. The average Bonchev–Trinajstić information content (AvgIpc) is 2.43. The molecular formula is C15H11BrF2O2. The number of ketones is 1. The highest BCUT2D eigenvalue weighted by atomic mass is 79.9. The molecule has 2 rings (SSSR count). The van der Waals surface area contributed by atoms with Crippen molar-refractivity contribution >= 4 is 21.7 Å². The fourth-order valence-corrected chi connectivity index (χ4v) is 2.09. The van der Waals surface area contributed by atoms with Crippen LogP contribution in [0.15, 0.2) is 40.9 Å². The van der Waals surface area contributed by atoms with Crippen LogP contribution >= 0.6 is 15.9 Å². The maximum absolute atomic E-state index is 13.8. The summed E-state index contributed by atoms with van der Waals surface area (Å²) in [5, 5.41) is 0. The van der Waals surface area contributed by atoms with E-state index in [1.54, 1.807) is 25.1 Å². The van der Waals surface area contributed by atoms with Gasteiger partial charge in [-0.05, 0) is 47.1 Å². The minimum Gasteiger partial charge on any atom is -0.493 e. The van der Waals surface area contributed by atoms with E-state index < -0.39 is 17.4 Å². The van der Waals surface area contributed by atoms with Crippen molar-refractivity contribution in [1.29, 1.82) is 0 Å². The second-order valence-corrected chi connectivity index (χ2v) is 4.86. The molecule has 0 heterocycles. The number of carbonyl (C=O) groups excluding carboxylic acids is 1. The van der Waals surface area contributed by atoms with Gasteiger partial charge in [0.25, 0.3) is 0 Å². The largest absolute Gasteiger partial charge is 0.493 e. The normalized spacial score (nSPS) is 10.4. The molecule has 0 aliphatic heterocycles. The summed E-state index contributed by atoms with van der Waals surface area (Å²) in [5.74, 6) is -1.74. The fraction of sp³-hybridized carbons (Fsp3) is 0.133. The molecule has 0 aromatic heterocycles. The summed E-state index contributed by atoms with van der Waals surface area (Å²) in [6, 6.07) is 8.30. The first-order chi connectivity index (χ1) is 9.54. The highest BCUT2D eigenvalue weighted by Crippen LogP contribution is 2.26. The van der Waals surface area contributed by atoms with E-state index in [1.807, 2.05) is 0 Å². The topological polar surface area (TPSA) is 26.3 Å². The molecule has 20 heavy (non-hydrogen) atoms. The molecule has 2 aromatic rings. The van der Waals surface area contributed by atoms with Crippen molar-refractivity contribution in [2.24, 2.45) is 0 Å². The Morgan fingerprint density at radius 2 is 1.85 bits per heavy atom. The average molecular weight is 341 g/mol. The maximum atomic E-state index is 13.8. The van der Waals surface area contributed by atoms with Crippen molar-refractivity contribution in [3.05, 3.63) is 63.6 Å². The van der Waals surface area contributed by atoms with Gasteiger partial charge >= 0.3 is 0 Å². The van der Waals surface area contributed by atoms with E-state index in [2.05, 4.69) is 15.9 Å². The van der Waals surface area contributed by atoms with Gasteiger partial charge in [0.15, 0.2) is 5.78 Å². The van der Waals surface area contributed by atoms with Crippen molar-refractivity contribution in [2.45, 2.75) is 6.92 Å². The number of hydrogen-bond acceptors (Lipinski definition) is 2. The lowest BCUT2D eigenvalue weighted by molar-refractivity contribution is 0.103. The summed E-state index contributed by atoms with van der Waals surface area (Å²) in [7, 11) is 0. The molecule has 104 valence electrons. The van der Waals surface area contributed by atoms with Crippen LogP contribution in [-0.4, -0.2) is 12.4 Å². The summed E-state index contributed by atoms with van der Waals surface area (Å²) < 4.78 is 32.6. The van der Waals surface area contributed by atoms with Crippen LogP contribution in [0.1, 0.15) is 22.8 Å². The number of hydrogen-bond donors (Lipinski definition) is 0. The second-order valence-electron chi connectivity index (χ2n) is 4.00. The smallest absolute Gasteiger partial charge is 0.199 e. The zero-order chi connectivity index (χ0) is 14.7. The van der Waals surface area contributed by atoms with E-state index in [-0.39, 0.29) is 15.6 Å². The Bertz CT molecular complexity index is 656. The van der Waals surface area contributed by atoms with E-state index >= 15 is 0 Å². The Kier molecular flexibility index (Phi) is 4.49. The fourth-order valence-electron chi connectivity index (χ4n) is 1.78. The SMILES string of the molecule is CCOc1ccccc1C(=O)c1cc(F)c(Br)cc1F. The second kappa shape index (κ2) is 6.13. The van der Waals surface area contributed by atoms with Crippen molar-refractivity contribution in [3.8, 4) is 5.75 Å². The minimum atomic E-state index is -0.783. The van der Waals surface area contributed by atoms with Gasteiger partial charge in [-0.3, -0.25) is 4.79 Å². The highest BCUT2D eigenvalue weighted by molar-refractivity contribution is 9.10. The van der Waals surface area contributed by atoms with Crippen molar-refractivity contribution < 1.29 is 18.3 Å². The van der Waals surface area contributed by atoms with Crippen LogP contribution < -0.4 is 4.74 Å². The van der Waals surface area contributed by atoms with Gasteiger partial charge in [0.1, 0.15) is 17.4 Å². The van der Waals surface area contributed by atoms with Gasteiger partial charge in [-0.15, -0.1) is 0 Å². The van der Waals surface area contributed by atoms with Crippen LogP contribution in [-0.2, 0) is 0 Å². The van der Waals surface area contributed by atoms with Crippen molar-refractivity contribution in [1.82, 2.24) is 0 Å². The van der Waals surface area contributed by atoms with Crippen LogP contribution in [0.5, 0.6) is 5.75 Å². The number of halogens is 3. The van der Waals surface area contributed by atoms with Crippen LogP contribution in [0.3, 0.4) is 0 Å². The maximum Gasteiger partial charge on any atom is 0.199 e. The Morgan fingerprint density at radius 1 is 1.15 bits per heavy atom. The summed E-state index contributed by atoms with van der Waals surface area (Å²) in [6.45, 7) is 2.16. The monoisotopic (exact) mass is 340 g/mol. The molecule has 0 saturated heterocycles. The lowest BCUT2D eigenvalue weighted by Gasteiger charge is -2.10. The van der Waals surface area contributed by atoms with Gasteiger partial charge in [-0.1, -0.05) is 12.1 Å². The lowest BCUT2D eigenvalue weighted by atomic mass is 10.0. The number of benzene rings is 2. The predicted octanol–water partition coefficient (Wildman–Crippen LogP) is 4.36. The molecule has 0 aliphatic rings. The van der Waals surface area contributed by atoms with Crippen LogP contribution in [0, 0.1) is 11.6 Å². The molecule has 0 aliphatic carbocycles. The molecule has 2 nitrogen and oxygen atoms in total. The Labute approximate surface area is 123 Å². The molecule has 0 atom stereocenters. The third kappa shape index (κ3) is 2.88. The molecule has 2 aromatic carbocycles. The lowest BCUT2D eigenvalue weighted by Crippen LogP contribution is -2.08. The molecule has 0 spiro atoms. The first-order valence-electron chi connectivity index (χ1n) is 5.95. The van der Waals surface area contributed by atoms with Gasteiger partial charge in [-0.2, -0.15) is 0 Å². The first-order valence-corrected chi connectivity index (χ1v) is 6.75. The van der Waals surface area contributed by atoms with Crippen LogP contribution in [0.4, 0.5) is 8.78 Å². The molecule has 5 heteroatoms. The third-order valence-electron chi connectivity index (χ3n) is 2.69. The zero-order valence-electron chi connectivity index (χ0n) is 10.6. The molecule has 0 radical (unpaired) electrons. The first kappa shape index (κ1) is 14.7. The standard InChI is InChI=1S/C15H11BrF2O2/c1-2-20-14-6-4-3-5-9(14)15(19)10-7-13(18)11(16)8-12(10)17/h3-8H,2H2,1H3. The van der Waals surface area contributed by atoms with E-state index in [0.717, 1.165) is 12.1 Å². The zero-order valence-corrected chi connectivity index (χ0v) is 12.2. The van der Waals surface area contributed by atoms with Crippen LogP contribution in [0.25, 0.3) is 0 Å². The molecule has 0 amide bonds. The summed E-state index contributed by atoms with van der Waals surface area (Å²) >= 11 is 2.87. The van der Waals surface area contributed by atoms with Gasteiger partial charge < -0.3 is 4.74 Å².